The van der Waals surface area contributed by atoms with E-state index in [-0.39, 0.29) is 17.9 Å². The maximum Gasteiger partial charge on any atom is 0.242 e. The lowest BCUT2D eigenvalue weighted by Crippen LogP contribution is -2.50. The van der Waals surface area contributed by atoms with Crippen molar-refractivity contribution in [2.75, 3.05) is 7.11 Å². The molecule has 0 aromatic heterocycles. The first kappa shape index (κ1) is 17.8. The van der Waals surface area contributed by atoms with Crippen LogP contribution >= 0.6 is 0 Å². The lowest BCUT2D eigenvalue weighted by atomic mass is 9.93. The van der Waals surface area contributed by atoms with E-state index in [1.807, 2.05) is 25.1 Å². The molecule has 0 unspecified atom stereocenters. The summed E-state index contributed by atoms with van der Waals surface area (Å²) in [7, 11) is 1.64. The summed E-state index contributed by atoms with van der Waals surface area (Å²) in [5, 5.41) is 5.96. The SMILES string of the molecule is COc1cc(C2(C(=O)N[C@@H](C)C(=O)NC3CCCC3)CC2)ccc1C. The predicted molar refractivity (Wildman–Crippen MR) is 96.6 cm³/mol. The Morgan fingerprint density at radius 2 is 1.92 bits per heavy atom. The van der Waals surface area contributed by atoms with Crippen molar-refractivity contribution in [3.8, 4) is 5.75 Å². The van der Waals surface area contributed by atoms with E-state index in [2.05, 4.69) is 10.6 Å². The van der Waals surface area contributed by atoms with E-state index in [0.29, 0.717) is 0 Å². The van der Waals surface area contributed by atoms with Crippen LogP contribution < -0.4 is 15.4 Å². The van der Waals surface area contributed by atoms with Crippen LogP contribution in [0, 0.1) is 6.92 Å². The first-order valence-corrected chi connectivity index (χ1v) is 9.23. The van der Waals surface area contributed by atoms with Gasteiger partial charge in [0.2, 0.25) is 11.8 Å². The van der Waals surface area contributed by atoms with Gasteiger partial charge >= 0.3 is 0 Å². The number of rotatable bonds is 6. The van der Waals surface area contributed by atoms with E-state index in [4.69, 9.17) is 4.74 Å². The largest absolute Gasteiger partial charge is 0.496 e. The van der Waals surface area contributed by atoms with Gasteiger partial charge in [0.15, 0.2) is 0 Å². The monoisotopic (exact) mass is 344 g/mol. The molecule has 2 amide bonds. The molecule has 0 spiro atoms. The molecule has 0 radical (unpaired) electrons. The number of carbonyl (C=O) groups is 2. The van der Waals surface area contributed by atoms with Gasteiger partial charge in [-0.25, -0.2) is 0 Å². The fourth-order valence-electron chi connectivity index (χ4n) is 3.69. The second-order valence-electron chi connectivity index (χ2n) is 7.45. The first-order chi connectivity index (χ1) is 12.0. The second-order valence-corrected chi connectivity index (χ2v) is 7.45. The topological polar surface area (TPSA) is 67.4 Å². The Kier molecular flexibility index (Phi) is 5.02. The molecule has 1 aromatic rings. The maximum atomic E-state index is 12.8. The van der Waals surface area contributed by atoms with Crippen molar-refractivity contribution in [1.82, 2.24) is 10.6 Å². The summed E-state index contributed by atoms with van der Waals surface area (Å²) in [6.45, 7) is 3.74. The van der Waals surface area contributed by atoms with Crippen molar-refractivity contribution < 1.29 is 14.3 Å². The second kappa shape index (κ2) is 7.06. The van der Waals surface area contributed by atoms with Gasteiger partial charge in [-0.15, -0.1) is 0 Å². The van der Waals surface area contributed by atoms with Gasteiger partial charge in [-0.05, 0) is 56.7 Å². The molecule has 0 aliphatic heterocycles. The number of ether oxygens (including phenoxy) is 1. The van der Waals surface area contributed by atoms with Crippen LogP contribution in [0.4, 0.5) is 0 Å². The van der Waals surface area contributed by atoms with E-state index in [1.54, 1.807) is 14.0 Å². The smallest absolute Gasteiger partial charge is 0.242 e. The summed E-state index contributed by atoms with van der Waals surface area (Å²) in [5.41, 5.74) is 1.51. The molecule has 0 saturated heterocycles. The number of carbonyl (C=O) groups excluding carboxylic acids is 2. The zero-order valence-electron chi connectivity index (χ0n) is 15.4. The summed E-state index contributed by atoms with van der Waals surface area (Å²) in [6.07, 6.45) is 6.04. The quantitative estimate of drug-likeness (QED) is 0.833. The van der Waals surface area contributed by atoms with Crippen molar-refractivity contribution >= 4 is 11.8 Å². The Hall–Kier alpha value is -2.04. The molecule has 2 aliphatic rings. The Bertz CT molecular complexity index is 661. The van der Waals surface area contributed by atoms with Gasteiger partial charge < -0.3 is 15.4 Å². The lowest BCUT2D eigenvalue weighted by Gasteiger charge is -2.22. The number of nitrogens with one attached hydrogen (secondary N) is 2. The summed E-state index contributed by atoms with van der Waals surface area (Å²) in [6, 6.07) is 5.68. The average Bonchev–Trinajstić information content (AvgIpc) is 3.26. The number of hydrogen-bond acceptors (Lipinski definition) is 3. The molecular formula is C20H28N2O3. The van der Waals surface area contributed by atoms with Gasteiger partial charge in [-0.2, -0.15) is 0 Å². The number of amides is 2. The number of aryl methyl sites for hydroxylation is 1. The molecule has 0 heterocycles. The standard InChI is InChI=1S/C20H28N2O3/c1-13-8-9-15(12-17(13)25-3)20(10-11-20)19(24)21-14(2)18(23)22-16-6-4-5-7-16/h8-9,12,14,16H,4-7,10-11H2,1-3H3,(H,21,24)(H,22,23)/t14-/m0/s1. The molecule has 5 nitrogen and oxygen atoms in total. The molecule has 5 heteroatoms. The zero-order chi connectivity index (χ0) is 18.0. The Labute approximate surface area is 149 Å². The molecule has 136 valence electrons. The Morgan fingerprint density at radius 1 is 1.24 bits per heavy atom. The highest BCUT2D eigenvalue weighted by atomic mass is 16.5. The van der Waals surface area contributed by atoms with Crippen LogP contribution in [0.25, 0.3) is 0 Å². The third kappa shape index (κ3) is 3.65. The van der Waals surface area contributed by atoms with Crippen molar-refractivity contribution in [2.24, 2.45) is 0 Å². The van der Waals surface area contributed by atoms with Crippen LogP contribution in [0.2, 0.25) is 0 Å². The number of benzene rings is 1. The average molecular weight is 344 g/mol. The van der Waals surface area contributed by atoms with E-state index < -0.39 is 11.5 Å². The minimum Gasteiger partial charge on any atom is -0.496 e. The first-order valence-electron chi connectivity index (χ1n) is 9.23. The summed E-state index contributed by atoms with van der Waals surface area (Å²) < 4.78 is 5.39. The van der Waals surface area contributed by atoms with Gasteiger partial charge in [0.1, 0.15) is 11.8 Å². The molecule has 2 N–H and O–H groups in total. The minimum atomic E-state index is -0.516. The third-order valence-electron chi connectivity index (χ3n) is 5.59. The van der Waals surface area contributed by atoms with Gasteiger partial charge in [-0.1, -0.05) is 25.0 Å². The van der Waals surface area contributed by atoms with E-state index in [1.165, 1.54) is 12.8 Å². The molecule has 0 bridgehead atoms. The summed E-state index contributed by atoms with van der Waals surface area (Å²) >= 11 is 0. The van der Waals surface area contributed by atoms with Crippen molar-refractivity contribution in [1.29, 1.82) is 0 Å². The van der Waals surface area contributed by atoms with E-state index in [9.17, 15) is 9.59 Å². The van der Waals surface area contributed by atoms with Crippen LogP contribution in [-0.4, -0.2) is 31.0 Å². The fourth-order valence-corrected chi connectivity index (χ4v) is 3.69. The Balaban J connectivity index is 1.64. The van der Waals surface area contributed by atoms with E-state index in [0.717, 1.165) is 42.6 Å². The maximum absolute atomic E-state index is 12.8. The van der Waals surface area contributed by atoms with E-state index >= 15 is 0 Å². The van der Waals surface area contributed by atoms with Gasteiger partial charge in [0.05, 0.1) is 12.5 Å². The predicted octanol–water partition coefficient (Wildman–Crippen LogP) is 2.60. The van der Waals surface area contributed by atoms with Crippen molar-refractivity contribution in [2.45, 2.75) is 69.9 Å². The molecule has 25 heavy (non-hydrogen) atoms. The lowest BCUT2D eigenvalue weighted by molar-refractivity contribution is -0.130. The highest BCUT2D eigenvalue weighted by Crippen LogP contribution is 2.49. The van der Waals surface area contributed by atoms with Crippen LogP contribution in [-0.2, 0) is 15.0 Å². The Morgan fingerprint density at radius 3 is 2.52 bits per heavy atom. The van der Waals surface area contributed by atoms with Crippen LogP contribution in [0.3, 0.4) is 0 Å². The van der Waals surface area contributed by atoms with Crippen LogP contribution in [0.15, 0.2) is 18.2 Å². The molecule has 1 atom stereocenters. The fraction of sp³-hybridized carbons (Fsp3) is 0.600. The molecule has 2 saturated carbocycles. The molecule has 1 aromatic carbocycles. The van der Waals surface area contributed by atoms with Crippen LogP contribution in [0.1, 0.15) is 56.6 Å². The number of hydrogen-bond donors (Lipinski definition) is 2. The van der Waals surface area contributed by atoms with Gasteiger partial charge in [0, 0.05) is 6.04 Å². The molecule has 2 aliphatic carbocycles. The zero-order valence-corrected chi connectivity index (χ0v) is 15.4. The number of methoxy groups -OCH3 is 1. The minimum absolute atomic E-state index is 0.0625. The highest BCUT2D eigenvalue weighted by molar-refractivity contribution is 5.95. The molecular weight excluding hydrogens is 316 g/mol. The summed E-state index contributed by atoms with van der Waals surface area (Å²) in [5.74, 6) is 0.647. The van der Waals surface area contributed by atoms with Gasteiger partial charge in [-0.3, -0.25) is 9.59 Å². The van der Waals surface area contributed by atoms with Crippen molar-refractivity contribution in [3.05, 3.63) is 29.3 Å². The molecule has 3 rings (SSSR count). The normalized spacial score (nSPS) is 20.0. The summed E-state index contributed by atoms with van der Waals surface area (Å²) in [4.78, 5) is 25.2. The van der Waals surface area contributed by atoms with Gasteiger partial charge in [0.25, 0.3) is 0 Å². The van der Waals surface area contributed by atoms with Crippen LogP contribution in [0.5, 0.6) is 5.75 Å². The highest BCUT2D eigenvalue weighted by Gasteiger charge is 2.52. The van der Waals surface area contributed by atoms with Crippen molar-refractivity contribution in [3.63, 3.8) is 0 Å². The third-order valence-corrected chi connectivity index (χ3v) is 5.59. The molecule has 2 fully saturated rings.